The number of nitrogens with two attached hydrogens (primary N) is 1. The molecule has 1 rings (SSSR count). The molecule has 2 N–H and O–H groups in total. The molecule has 0 bridgehead atoms. The van der Waals surface area contributed by atoms with Gasteiger partial charge in [-0.1, -0.05) is 45.5 Å². The van der Waals surface area contributed by atoms with Gasteiger partial charge in [-0.15, -0.1) is 0 Å². The fourth-order valence-corrected chi connectivity index (χ4v) is 1.49. The van der Waals surface area contributed by atoms with E-state index in [1.54, 1.807) is 0 Å². The Morgan fingerprint density at radius 1 is 1.29 bits per heavy atom. The number of rotatable bonds is 1. The molecule has 0 aliphatic heterocycles. The average Bonchev–Trinajstić information content (AvgIpc) is 2.01. The van der Waals surface area contributed by atoms with Gasteiger partial charge in [-0.2, -0.15) is 0 Å². The lowest BCUT2D eigenvalue weighted by molar-refractivity contribution is 0.589. The maximum absolute atomic E-state index is 5.68. The van der Waals surface area contributed by atoms with Crippen LogP contribution in [0.2, 0.25) is 0 Å². The Labute approximate surface area is 86.6 Å². The lowest BCUT2D eigenvalue weighted by atomic mass is 9.85. The van der Waals surface area contributed by atoms with Crippen molar-refractivity contribution in [1.82, 2.24) is 0 Å². The quantitative estimate of drug-likeness (QED) is 0.721. The van der Waals surface area contributed by atoms with Crippen LogP contribution in [0.25, 0.3) is 5.70 Å². The van der Waals surface area contributed by atoms with E-state index in [1.165, 1.54) is 11.1 Å². The molecular weight excluding hydrogens is 170 g/mol. The molecule has 0 saturated carbocycles. The lowest BCUT2D eigenvalue weighted by Crippen LogP contribution is -2.11. The van der Waals surface area contributed by atoms with E-state index in [4.69, 9.17) is 5.73 Å². The molecular formula is C13H19N. The van der Waals surface area contributed by atoms with Gasteiger partial charge in [0.25, 0.3) is 0 Å². The monoisotopic (exact) mass is 189 g/mol. The molecule has 0 radical (unpaired) electrons. The first-order valence-corrected chi connectivity index (χ1v) is 4.88. The second-order valence-corrected chi connectivity index (χ2v) is 4.80. The highest BCUT2D eigenvalue weighted by molar-refractivity contribution is 5.63. The summed E-state index contributed by atoms with van der Waals surface area (Å²) in [5, 5.41) is 0. The highest BCUT2D eigenvalue weighted by Crippen LogP contribution is 2.25. The molecule has 0 fully saturated rings. The van der Waals surface area contributed by atoms with Gasteiger partial charge in [0.05, 0.1) is 0 Å². The van der Waals surface area contributed by atoms with Crippen molar-refractivity contribution >= 4 is 5.70 Å². The van der Waals surface area contributed by atoms with Gasteiger partial charge in [0.2, 0.25) is 0 Å². The van der Waals surface area contributed by atoms with Crippen molar-refractivity contribution in [3.63, 3.8) is 0 Å². The van der Waals surface area contributed by atoms with Crippen LogP contribution in [0.15, 0.2) is 24.8 Å². The minimum Gasteiger partial charge on any atom is -0.399 e. The maximum atomic E-state index is 5.68. The fraction of sp³-hybridized carbons (Fsp3) is 0.385. The SMILES string of the molecule is C=C(N)c1ccc(C(C)(C)C)cc1C. The molecule has 0 heterocycles. The largest absolute Gasteiger partial charge is 0.399 e. The van der Waals surface area contributed by atoms with E-state index in [0.29, 0.717) is 5.70 Å². The zero-order valence-corrected chi connectivity index (χ0v) is 9.52. The highest BCUT2D eigenvalue weighted by atomic mass is 14.6. The van der Waals surface area contributed by atoms with Crippen molar-refractivity contribution in [2.24, 2.45) is 5.73 Å². The van der Waals surface area contributed by atoms with Gasteiger partial charge >= 0.3 is 0 Å². The number of benzene rings is 1. The summed E-state index contributed by atoms with van der Waals surface area (Å²) in [7, 11) is 0. The summed E-state index contributed by atoms with van der Waals surface area (Å²) in [6.07, 6.45) is 0. The van der Waals surface area contributed by atoms with Crippen LogP contribution in [0.1, 0.15) is 37.5 Å². The topological polar surface area (TPSA) is 26.0 Å². The molecule has 1 heteroatoms. The van der Waals surface area contributed by atoms with E-state index >= 15 is 0 Å². The molecule has 0 aliphatic carbocycles. The molecule has 1 aromatic carbocycles. The smallest absolute Gasteiger partial charge is 0.0317 e. The minimum absolute atomic E-state index is 0.194. The second kappa shape index (κ2) is 3.49. The Balaban J connectivity index is 3.20. The van der Waals surface area contributed by atoms with E-state index < -0.39 is 0 Å². The Bertz CT molecular complexity index is 356. The van der Waals surface area contributed by atoms with Crippen LogP contribution in [0.3, 0.4) is 0 Å². The van der Waals surface area contributed by atoms with Crippen molar-refractivity contribution in [3.8, 4) is 0 Å². The van der Waals surface area contributed by atoms with E-state index in [0.717, 1.165) is 5.56 Å². The summed E-state index contributed by atoms with van der Waals surface area (Å²) >= 11 is 0. The predicted molar refractivity (Wildman–Crippen MR) is 63.1 cm³/mol. The van der Waals surface area contributed by atoms with Crippen LogP contribution in [0, 0.1) is 6.92 Å². The number of hydrogen-bond donors (Lipinski definition) is 1. The van der Waals surface area contributed by atoms with Crippen molar-refractivity contribution in [2.75, 3.05) is 0 Å². The summed E-state index contributed by atoms with van der Waals surface area (Å²) in [5.41, 5.74) is 10.1. The average molecular weight is 189 g/mol. The third-order valence-corrected chi connectivity index (χ3v) is 2.44. The Hall–Kier alpha value is -1.24. The summed E-state index contributed by atoms with van der Waals surface area (Å²) in [6, 6.07) is 6.37. The zero-order chi connectivity index (χ0) is 10.9. The van der Waals surface area contributed by atoms with E-state index in [-0.39, 0.29) is 5.41 Å². The van der Waals surface area contributed by atoms with Crippen LogP contribution in [0.5, 0.6) is 0 Å². The van der Waals surface area contributed by atoms with Gasteiger partial charge in [0, 0.05) is 5.70 Å². The van der Waals surface area contributed by atoms with Gasteiger partial charge in [0.15, 0.2) is 0 Å². The van der Waals surface area contributed by atoms with Crippen LogP contribution >= 0.6 is 0 Å². The molecule has 0 atom stereocenters. The third kappa shape index (κ3) is 2.16. The minimum atomic E-state index is 0.194. The first-order chi connectivity index (χ1) is 6.32. The fourth-order valence-electron chi connectivity index (χ4n) is 1.49. The summed E-state index contributed by atoms with van der Waals surface area (Å²) in [5.74, 6) is 0. The van der Waals surface area contributed by atoms with Gasteiger partial charge < -0.3 is 5.73 Å². The molecule has 1 nitrogen and oxygen atoms in total. The first kappa shape index (κ1) is 10.8. The first-order valence-electron chi connectivity index (χ1n) is 4.88. The number of aryl methyl sites for hydroxylation is 1. The van der Waals surface area contributed by atoms with Crippen molar-refractivity contribution < 1.29 is 0 Å². The highest BCUT2D eigenvalue weighted by Gasteiger charge is 2.14. The van der Waals surface area contributed by atoms with Crippen molar-refractivity contribution in [1.29, 1.82) is 0 Å². The lowest BCUT2D eigenvalue weighted by Gasteiger charge is -2.20. The molecule has 0 spiro atoms. The van der Waals surface area contributed by atoms with E-state index in [9.17, 15) is 0 Å². The molecule has 0 aliphatic rings. The maximum Gasteiger partial charge on any atom is 0.0317 e. The standard InChI is InChI=1S/C13H19N/c1-9-8-11(13(3,4)5)6-7-12(9)10(2)14/h6-8H,2,14H2,1,3-5H3. The van der Waals surface area contributed by atoms with Gasteiger partial charge in [0.1, 0.15) is 0 Å². The molecule has 14 heavy (non-hydrogen) atoms. The molecule has 0 unspecified atom stereocenters. The summed E-state index contributed by atoms with van der Waals surface area (Å²) < 4.78 is 0. The van der Waals surface area contributed by atoms with Gasteiger partial charge in [-0.3, -0.25) is 0 Å². The Morgan fingerprint density at radius 3 is 2.21 bits per heavy atom. The third-order valence-electron chi connectivity index (χ3n) is 2.44. The molecule has 1 aromatic rings. The van der Waals surface area contributed by atoms with Crippen LogP contribution < -0.4 is 5.73 Å². The van der Waals surface area contributed by atoms with Crippen molar-refractivity contribution in [2.45, 2.75) is 33.1 Å². The van der Waals surface area contributed by atoms with Gasteiger partial charge in [-0.05, 0) is 29.0 Å². The summed E-state index contributed by atoms with van der Waals surface area (Å²) in [4.78, 5) is 0. The van der Waals surface area contributed by atoms with E-state index in [2.05, 4.69) is 52.5 Å². The van der Waals surface area contributed by atoms with Gasteiger partial charge in [-0.25, -0.2) is 0 Å². The normalized spacial score (nSPS) is 11.4. The predicted octanol–water partition coefficient (Wildman–Crippen LogP) is 3.22. The van der Waals surface area contributed by atoms with Crippen molar-refractivity contribution in [3.05, 3.63) is 41.5 Å². The zero-order valence-electron chi connectivity index (χ0n) is 9.52. The molecule has 0 saturated heterocycles. The number of hydrogen-bond acceptors (Lipinski definition) is 1. The molecule has 0 aromatic heterocycles. The molecule has 0 amide bonds. The van der Waals surface area contributed by atoms with Crippen LogP contribution in [0.4, 0.5) is 0 Å². The molecule has 76 valence electrons. The Morgan fingerprint density at radius 2 is 1.86 bits per heavy atom. The summed E-state index contributed by atoms with van der Waals surface area (Å²) in [6.45, 7) is 12.4. The van der Waals surface area contributed by atoms with Crippen LogP contribution in [-0.4, -0.2) is 0 Å². The Kier molecular flexibility index (Phi) is 2.70. The van der Waals surface area contributed by atoms with Crippen LogP contribution in [-0.2, 0) is 5.41 Å². The second-order valence-electron chi connectivity index (χ2n) is 4.80. The van der Waals surface area contributed by atoms with E-state index in [1.807, 2.05) is 0 Å².